The van der Waals surface area contributed by atoms with Crippen LogP contribution >= 0.6 is 0 Å². The van der Waals surface area contributed by atoms with Crippen molar-refractivity contribution >= 4 is 10.0 Å². The molecule has 0 radical (unpaired) electrons. The molecule has 0 bridgehead atoms. The maximum absolute atomic E-state index is 13.4. The van der Waals surface area contributed by atoms with Crippen molar-refractivity contribution in [3.05, 3.63) is 59.6 Å². The summed E-state index contributed by atoms with van der Waals surface area (Å²) >= 11 is 0. The second kappa shape index (κ2) is 6.56. The van der Waals surface area contributed by atoms with Crippen molar-refractivity contribution in [1.29, 1.82) is 0 Å². The first-order valence-corrected chi connectivity index (χ1v) is 11.1. The van der Waals surface area contributed by atoms with Crippen molar-refractivity contribution in [1.82, 2.24) is 19.1 Å². The van der Waals surface area contributed by atoms with Crippen LogP contribution in [0, 0.1) is 6.92 Å². The Morgan fingerprint density at radius 2 is 2.11 bits per heavy atom. The maximum atomic E-state index is 13.4. The molecule has 8 heteroatoms. The third-order valence-electron chi connectivity index (χ3n) is 5.72. The van der Waals surface area contributed by atoms with Gasteiger partial charge < -0.3 is 4.42 Å². The van der Waals surface area contributed by atoms with E-state index in [1.54, 1.807) is 23.1 Å². The van der Waals surface area contributed by atoms with E-state index in [4.69, 9.17) is 4.42 Å². The predicted octanol–water partition coefficient (Wildman–Crippen LogP) is 3.18. The molecule has 146 valence electrons. The van der Waals surface area contributed by atoms with E-state index < -0.39 is 10.0 Å². The molecule has 1 saturated carbocycles. The highest BCUT2D eigenvalue weighted by molar-refractivity contribution is 7.89. The van der Waals surface area contributed by atoms with E-state index in [9.17, 15) is 8.42 Å². The second-order valence-corrected chi connectivity index (χ2v) is 9.45. The van der Waals surface area contributed by atoms with E-state index >= 15 is 0 Å². The highest BCUT2D eigenvalue weighted by Gasteiger charge is 2.34. The van der Waals surface area contributed by atoms with Crippen LogP contribution in [0.1, 0.15) is 48.1 Å². The zero-order chi connectivity index (χ0) is 19.3. The minimum atomic E-state index is -3.64. The lowest BCUT2D eigenvalue weighted by atomic mass is 9.85. The molecular formula is C20H22N4O3S. The number of aromatic nitrogens is 3. The van der Waals surface area contributed by atoms with Crippen LogP contribution in [-0.4, -0.2) is 34.0 Å². The number of sulfonamides is 1. The zero-order valence-corrected chi connectivity index (χ0v) is 16.5. The number of nitrogens with zero attached hydrogens (tertiary/aromatic N) is 4. The molecule has 0 spiro atoms. The Kier molecular flexibility index (Phi) is 4.13. The molecule has 1 aromatic carbocycles. The van der Waals surface area contributed by atoms with Crippen LogP contribution in [0.25, 0.3) is 5.69 Å². The summed E-state index contributed by atoms with van der Waals surface area (Å²) in [5.74, 6) is 2.03. The molecular weight excluding hydrogens is 376 g/mol. The lowest BCUT2D eigenvalue weighted by Crippen LogP contribution is -2.36. The number of rotatable bonds is 4. The van der Waals surface area contributed by atoms with Gasteiger partial charge in [0.2, 0.25) is 10.0 Å². The Morgan fingerprint density at radius 1 is 1.25 bits per heavy atom. The van der Waals surface area contributed by atoms with Gasteiger partial charge in [0.15, 0.2) is 5.89 Å². The number of aryl methyl sites for hydroxylation is 1. The van der Waals surface area contributed by atoms with Crippen molar-refractivity contribution in [2.45, 2.75) is 50.0 Å². The fraction of sp³-hybridized carbons (Fsp3) is 0.400. The molecule has 7 nitrogen and oxygen atoms in total. The quantitative estimate of drug-likeness (QED) is 0.674. The molecule has 1 fully saturated rings. The number of benzene rings is 1. The van der Waals surface area contributed by atoms with Gasteiger partial charge in [0.25, 0.3) is 0 Å². The molecule has 0 N–H and O–H groups in total. The predicted molar refractivity (Wildman–Crippen MR) is 103 cm³/mol. The first-order valence-electron chi connectivity index (χ1n) is 9.61. The minimum absolute atomic E-state index is 0.263. The molecule has 5 rings (SSSR count). The molecule has 3 aromatic rings. The molecule has 1 aliphatic heterocycles. The van der Waals surface area contributed by atoms with E-state index in [0.29, 0.717) is 23.8 Å². The molecule has 28 heavy (non-hydrogen) atoms. The van der Waals surface area contributed by atoms with Crippen LogP contribution in [0.15, 0.2) is 46.0 Å². The van der Waals surface area contributed by atoms with Gasteiger partial charge in [-0.05, 0) is 43.5 Å². The van der Waals surface area contributed by atoms with Gasteiger partial charge in [0.1, 0.15) is 5.76 Å². The number of hydrogen-bond acceptors (Lipinski definition) is 5. The summed E-state index contributed by atoms with van der Waals surface area (Å²) in [5, 5.41) is 4.20. The molecule has 0 saturated heterocycles. The SMILES string of the molecule is Cc1ccc(-n2cccn2)cc1S(=O)(=O)N1CCc2oc(C3CCC3)nc2C1. The van der Waals surface area contributed by atoms with Crippen molar-refractivity contribution < 1.29 is 12.8 Å². The first kappa shape index (κ1) is 17.6. The van der Waals surface area contributed by atoms with Crippen molar-refractivity contribution in [2.24, 2.45) is 0 Å². The van der Waals surface area contributed by atoms with Crippen LogP contribution in [-0.2, 0) is 23.0 Å². The lowest BCUT2D eigenvalue weighted by Gasteiger charge is -2.25. The van der Waals surface area contributed by atoms with Gasteiger partial charge in [-0.3, -0.25) is 0 Å². The zero-order valence-electron chi connectivity index (χ0n) is 15.7. The summed E-state index contributed by atoms with van der Waals surface area (Å²) in [6.45, 7) is 2.49. The summed E-state index contributed by atoms with van der Waals surface area (Å²) in [4.78, 5) is 4.94. The fourth-order valence-corrected chi connectivity index (χ4v) is 5.45. The lowest BCUT2D eigenvalue weighted by molar-refractivity contribution is 0.314. The molecule has 3 heterocycles. The summed E-state index contributed by atoms with van der Waals surface area (Å²) in [6, 6.07) is 7.20. The highest BCUT2D eigenvalue weighted by atomic mass is 32.2. The van der Waals surface area contributed by atoms with Crippen molar-refractivity contribution in [3.8, 4) is 5.69 Å². The van der Waals surface area contributed by atoms with E-state index in [1.165, 1.54) is 10.7 Å². The van der Waals surface area contributed by atoms with E-state index in [2.05, 4.69) is 10.1 Å². The summed E-state index contributed by atoms with van der Waals surface area (Å²) in [6.07, 6.45) is 7.47. The fourth-order valence-electron chi connectivity index (χ4n) is 3.80. The van der Waals surface area contributed by atoms with Gasteiger partial charge in [-0.2, -0.15) is 9.40 Å². The number of hydrogen-bond donors (Lipinski definition) is 0. The first-order chi connectivity index (χ1) is 13.5. The van der Waals surface area contributed by atoms with Gasteiger partial charge in [0.05, 0.1) is 22.8 Å². The van der Waals surface area contributed by atoms with Crippen LogP contribution in [0.2, 0.25) is 0 Å². The van der Waals surface area contributed by atoms with Crippen LogP contribution < -0.4 is 0 Å². The average molecular weight is 398 g/mol. The average Bonchev–Trinajstić information content (AvgIpc) is 3.29. The summed E-state index contributed by atoms with van der Waals surface area (Å²) in [5.41, 5.74) is 2.20. The van der Waals surface area contributed by atoms with E-state index in [1.807, 2.05) is 25.1 Å². The Balaban J connectivity index is 1.46. The second-order valence-electron chi connectivity index (χ2n) is 7.54. The Morgan fingerprint density at radius 3 is 2.82 bits per heavy atom. The van der Waals surface area contributed by atoms with Crippen LogP contribution in [0.3, 0.4) is 0 Å². The Hall–Kier alpha value is -2.45. The monoisotopic (exact) mass is 398 g/mol. The third kappa shape index (κ3) is 2.87. The molecule has 0 unspecified atom stereocenters. The third-order valence-corrected chi connectivity index (χ3v) is 7.71. The highest BCUT2D eigenvalue weighted by Crippen LogP contribution is 2.38. The van der Waals surface area contributed by atoms with Crippen LogP contribution in [0.5, 0.6) is 0 Å². The van der Waals surface area contributed by atoms with Crippen molar-refractivity contribution in [2.75, 3.05) is 6.54 Å². The maximum Gasteiger partial charge on any atom is 0.243 e. The smallest absolute Gasteiger partial charge is 0.243 e. The normalized spacial score (nSPS) is 18.0. The number of oxazole rings is 1. The van der Waals surface area contributed by atoms with Gasteiger partial charge in [0, 0.05) is 31.3 Å². The Labute approximate surface area is 164 Å². The summed E-state index contributed by atoms with van der Waals surface area (Å²) < 4.78 is 35.9. The number of fused-ring (bicyclic) bond motifs is 1. The Bertz CT molecular complexity index is 1110. The molecule has 2 aliphatic rings. The standard InChI is InChI=1S/C20H22N4O3S/c1-14-6-7-16(24-10-3-9-21-24)12-19(14)28(25,26)23-11-8-18-17(13-23)22-20(27-18)15-4-2-5-15/h3,6-7,9-10,12,15H,2,4-5,8,11,13H2,1H3. The van der Waals surface area contributed by atoms with E-state index in [-0.39, 0.29) is 6.54 Å². The summed E-state index contributed by atoms with van der Waals surface area (Å²) in [7, 11) is -3.64. The topological polar surface area (TPSA) is 81.2 Å². The molecule has 1 aliphatic carbocycles. The largest absolute Gasteiger partial charge is 0.445 e. The molecule has 0 amide bonds. The van der Waals surface area contributed by atoms with Gasteiger partial charge in [-0.1, -0.05) is 12.5 Å². The molecule has 2 aromatic heterocycles. The van der Waals surface area contributed by atoms with Gasteiger partial charge in [-0.15, -0.1) is 0 Å². The van der Waals surface area contributed by atoms with Gasteiger partial charge >= 0.3 is 0 Å². The van der Waals surface area contributed by atoms with E-state index in [0.717, 1.165) is 41.4 Å². The van der Waals surface area contributed by atoms with Gasteiger partial charge in [-0.25, -0.2) is 18.1 Å². The molecule has 0 atom stereocenters. The van der Waals surface area contributed by atoms with Crippen molar-refractivity contribution in [3.63, 3.8) is 0 Å². The van der Waals surface area contributed by atoms with Crippen LogP contribution in [0.4, 0.5) is 0 Å². The minimum Gasteiger partial charge on any atom is -0.445 e.